The molecular weight excluding hydrogens is 466 g/mol. The van der Waals surface area contributed by atoms with Crippen molar-refractivity contribution in [3.8, 4) is 11.1 Å². The number of rotatable bonds is 9. The first kappa shape index (κ1) is 24.4. The molecule has 1 aromatic heterocycles. The monoisotopic (exact) mass is 493 g/mol. The Morgan fingerprint density at radius 2 is 1.69 bits per heavy atom. The van der Waals surface area contributed by atoms with Gasteiger partial charge in [-0.1, -0.05) is 62.4 Å². The molecule has 9 heteroatoms. The molecule has 1 heterocycles. The number of aromatic nitrogens is 1. The maximum atomic E-state index is 12.4. The maximum Gasteiger partial charge on any atom is 0.413 e. The molecule has 2 amide bonds. The van der Waals surface area contributed by atoms with Crippen LogP contribution in [0.3, 0.4) is 0 Å². The molecule has 0 aliphatic heterocycles. The van der Waals surface area contributed by atoms with Crippen LogP contribution < -0.4 is 10.6 Å². The first-order chi connectivity index (χ1) is 16.8. The van der Waals surface area contributed by atoms with Gasteiger partial charge in [-0.15, -0.1) is 11.3 Å². The number of ether oxygens (including phenoxy) is 1. The summed E-state index contributed by atoms with van der Waals surface area (Å²) in [5, 5.41) is 16.4. The van der Waals surface area contributed by atoms with Crippen molar-refractivity contribution in [3.63, 3.8) is 0 Å². The van der Waals surface area contributed by atoms with Crippen LogP contribution in [0.5, 0.6) is 0 Å². The number of hydrogen-bond acceptors (Lipinski definition) is 6. The number of thiazole rings is 1. The fraction of sp³-hybridized carbons (Fsp3) is 0.308. The lowest BCUT2D eigenvalue weighted by atomic mass is 9.98. The van der Waals surface area contributed by atoms with Crippen molar-refractivity contribution in [3.05, 3.63) is 70.7 Å². The molecule has 1 atom stereocenters. The third-order valence-corrected chi connectivity index (χ3v) is 6.80. The summed E-state index contributed by atoms with van der Waals surface area (Å²) in [6.45, 7) is 3.90. The maximum absolute atomic E-state index is 12.4. The highest BCUT2D eigenvalue weighted by molar-refractivity contribution is 7.13. The Morgan fingerprint density at radius 1 is 1.06 bits per heavy atom. The van der Waals surface area contributed by atoms with Gasteiger partial charge in [0.2, 0.25) is 5.91 Å². The first-order valence-electron chi connectivity index (χ1n) is 11.4. The number of benzene rings is 2. The van der Waals surface area contributed by atoms with Gasteiger partial charge in [0.25, 0.3) is 0 Å². The van der Waals surface area contributed by atoms with Crippen molar-refractivity contribution in [1.29, 1.82) is 0 Å². The number of carbonyl (C=O) groups is 3. The van der Waals surface area contributed by atoms with Gasteiger partial charge in [0, 0.05) is 17.3 Å². The predicted molar refractivity (Wildman–Crippen MR) is 134 cm³/mol. The topological polar surface area (TPSA) is 118 Å². The summed E-state index contributed by atoms with van der Waals surface area (Å²) < 4.78 is 5.53. The highest BCUT2D eigenvalue weighted by Gasteiger charge is 2.29. The molecule has 3 N–H and O–H groups in total. The van der Waals surface area contributed by atoms with Crippen molar-refractivity contribution in [2.75, 3.05) is 11.9 Å². The summed E-state index contributed by atoms with van der Waals surface area (Å²) in [7, 11) is 0. The highest BCUT2D eigenvalue weighted by Crippen LogP contribution is 2.44. The fourth-order valence-electron chi connectivity index (χ4n) is 4.23. The van der Waals surface area contributed by atoms with E-state index in [0.29, 0.717) is 10.8 Å². The molecule has 0 radical (unpaired) electrons. The summed E-state index contributed by atoms with van der Waals surface area (Å²) in [4.78, 5) is 40.1. The Labute approximate surface area is 207 Å². The Bertz CT molecular complexity index is 1190. The summed E-state index contributed by atoms with van der Waals surface area (Å²) in [5.74, 6) is -1.34. The Hall–Kier alpha value is -3.72. The van der Waals surface area contributed by atoms with E-state index in [-0.39, 0.29) is 37.2 Å². The van der Waals surface area contributed by atoms with Gasteiger partial charge in [-0.25, -0.2) is 9.78 Å². The Morgan fingerprint density at radius 3 is 2.29 bits per heavy atom. The van der Waals surface area contributed by atoms with Crippen LogP contribution in [-0.2, 0) is 20.7 Å². The zero-order valence-electron chi connectivity index (χ0n) is 19.5. The lowest BCUT2D eigenvalue weighted by molar-refractivity contribution is -0.138. The molecule has 1 aliphatic rings. The average molecular weight is 494 g/mol. The second-order valence-electron chi connectivity index (χ2n) is 8.79. The van der Waals surface area contributed by atoms with Crippen molar-refractivity contribution in [2.24, 2.45) is 5.92 Å². The van der Waals surface area contributed by atoms with Crippen molar-refractivity contribution >= 4 is 34.4 Å². The molecule has 0 saturated heterocycles. The minimum atomic E-state index is -0.966. The smallest absolute Gasteiger partial charge is 0.413 e. The largest absolute Gasteiger partial charge is 0.481 e. The summed E-state index contributed by atoms with van der Waals surface area (Å²) in [5.41, 5.74) is 5.06. The normalized spacial score (nSPS) is 13.1. The Kier molecular flexibility index (Phi) is 7.45. The molecule has 35 heavy (non-hydrogen) atoms. The van der Waals surface area contributed by atoms with Crippen LogP contribution in [0.15, 0.2) is 53.9 Å². The third kappa shape index (κ3) is 5.86. The lowest BCUT2D eigenvalue weighted by Gasteiger charge is -2.20. The molecule has 0 fully saturated rings. The number of carbonyl (C=O) groups excluding carboxylic acids is 2. The second-order valence-corrected chi connectivity index (χ2v) is 9.65. The zero-order chi connectivity index (χ0) is 24.9. The second kappa shape index (κ2) is 10.7. The van der Waals surface area contributed by atoms with Crippen molar-refractivity contribution in [1.82, 2.24) is 10.3 Å². The van der Waals surface area contributed by atoms with Crippen LogP contribution in [0.2, 0.25) is 0 Å². The minimum absolute atomic E-state index is 0.00823. The van der Waals surface area contributed by atoms with Gasteiger partial charge in [0.15, 0.2) is 5.13 Å². The van der Waals surface area contributed by atoms with Gasteiger partial charge in [0.1, 0.15) is 6.61 Å². The average Bonchev–Trinajstić information content (AvgIpc) is 3.38. The molecule has 8 nitrogen and oxygen atoms in total. The SMILES string of the molecule is CC(C)[C@@H](CC(=O)O)NC(=O)Cc1csc(NC(=O)OCC2c3ccccc3-c3ccccc32)n1. The van der Waals surface area contributed by atoms with Crippen molar-refractivity contribution < 1.29 is 24.2 Å². The van der Waals surface area contributed by atoms with E-state index in [1.807, 2.05) is 38.1 Å². The lowest BCUT2D eigenvalue weighted by Crippen LogP contribution is -2.40. The summed E-state index contributed by atoms with van der Waals surface area (Å²) in [6, 6.07) is 15.8. The standard InChI is InChI=1S/C26H27N3O5S/c1-15(2)22(12-24(31)32)28-23(30)11-16-14-35-25(27-16)29-26(33)34-13-21-19-9-5-3-7-17(19)18-8-4-6-10-20(18)21/h3-10,14-15,21-22H,11-13H2,1-2H3,(H,28,30)(H,31,32)(H,27,29,33)/t22-/m1/s1. The molecule has 3 aromatic rings. The minimum Gasteiger partial charge on any atom is -0.481 e. The van der Waals surface area contributed by atoms with Gasteiger partial charge < -0.3 is 15.2 Å². The molecule has 0 spiro atoms. The number of aliphatic carboxylic acids is 1. The van der Waals surface area contributed by atoms with E-state index in [4.69, 9.17) is 9.84 Å². The Balaban J connectivity index is 1.31. The number of nitrogens with one attached hydrogen (secondary N) is 2. The van der Waals surface area contributed by atoms with E-state index in [9.17, 15) is 14.4 Å². The number of nitrogens with zero attached hydrogens (tertiary/aromatic N) is 1. The van der Waals surface area contributed by atoms with Crippen LogP contribution in [-0.4, -0.2) is 40.7 Å². The molecular formula is C26H27N3O5S. The predicted octanol–water partition coefficient (Wildman–Crippen LogP) is 4.66. The molecule has 4 rings (SSSR count). The van der Waals surface area contributed by atoms with E-state index >= 15 is 0 Å². The van der Waals surface area contributed by atoms with Crippen LogP contribution in [0.1, 0.15) is 43.0 Å². The van der Waals surface area contributed by atoms with E-state index in [1.165, 1.54) is 11.3 Å². The number of carboxylic acids is 1. The van der Waals surface area contributed by atoms with E-state index in [2.05, 4.69) is 39.9 Å². The molecule has 0 unspecified atom stereocenters. The van der Waals surface area contributed by atoms with Gasteiger partial charge in [-0.2, -0.15) is 0 Å². The van der Waals surface area contributed by atoms with E-state index < -0.39 is 18.1 Å². The summed E-state index contributed by atoms with van der Waals surface area (Å²) in [6.07, 6.45) is -0.764. The number of hydrogen-bond donors (Lipinski definition) is 3. The van der Waals surface area contributed by atoms with E-state index in [0.717, 1.165) is 22.3 Å². The third-order valence-electron chi connectivity index (χ3n) is 5.99. The molecule has 0 bridgehead atoms. The molecule has 182 valence electrons. The van der Waals surface area contributed by atoms with Gasteiger partial charge >= 0.3 is 12.1 Å². The fourth-order valence-corrected chi connectivity index (χ4v) is 4.93. The van der Waals surface area contributed by atoms with Gasteiger partial charge in [-0.3, -0.25) is 14.9 Å². The van der Waals surface area contributed by atoms with Crippen LogP contribution in [0.25, 0.3) is 11.1 Å². The number of carboxylic acid groups (broad SMARTS) is 1. The van der Waals surface area contributed by atoms with Crippen LogP contribution in [0.4, 0.5) is 9.93 Å². The van der Waals surface area contributed by atoms with Crippen LogP contribution >= 0.6 is 11.3 Å². The first-order valence-corrected chi connectivity index (χ1v) is 12.3. The highest BCUT2D eigenvalue weighted by atomic mass is 32.1. The number of amides is 2. The zero-order valence-corrected chi connectivity index (χ0v) is 20.3. The van der Waals surface area contributed by atoms with Crippen LogP contribution in [0, 0.1) is 5.92 Å². The van der Waals surface area contributed by atoms with Gasteiger partial charge in [0.05, 0.1) is 18.5 Å². The van der Waals surface area contributed by atoms with Gasteiger partial charge in [-0.05, 0) is 28.2 Å². The molecule has 0 saturated carbocycles. The number of anilines is 1. The van der Waals surface area contributed by atoms with Crippen molar-refractivity contribution in [2.45, 2.75) is 38.6 Å². The summed E-state index contributed by atoms with van der Waals surface area (Å²) >= 11 is 1.19. The molecule has 2 aromatic carbocycles. The molecule has 1 aliphatic carbocycles. The number of fused-ring (bicyclic) bond motifs is 3. The quantitative estimate of drug-likeness (QED) is 0.399. The van der Waals surface area contributed by atoms with E-state index in [1.54, 1.807) is 5.38 Å².